The summed E-state index contributed by atoms with van der Waals surface area (Å²) in [6.45, 7) is 9.70. The lowest BCUT2D eigenvalue weighted by Gasteiger charge is -2.43. The van der Waals surface area contributed by atoms with Gasteiger partial charge in [-0.3, -0.25) is 4.90 Å². The molecule has 5 heteroatoms. The molecule has 2 aliphatic heterocycles. The predicted molar refractivity (Wildman–Crippen MR) is 106 cm³/mol. The van der Waals surface area contributed by atoms with Gasteiger partial charge >= 0.3 is 0 Å². The lowest BCUT2D eigenvalue weighted by Crippen LogP contribution is -2.53. The highest BCUT2D eigenvalue weighted by Gasteiger charge is 2.44. The van der Waals surface area contributed by atoms with Gasteiger partial charge in [0.25, 0.3) is 0 Å². The Morgan fingerprint density at radius 2 is 2.08 bits per heavy atom. The van der Waals surface area contributed by atoms with Crippen molar-refractivity contribution < 1.29 is 15.3 Å². The monoisotopic (exact) mass is 449 g/mol. The standard InChI is InChI=1S/C19H32INO3/c1-12(7-8-13(2)18(23)14(3)22)17(20)15-10-19(4,24)16-6-5-9-21(16)11-15/h8,12,14,16,18,22-24H,5-7,9-11H2,1-4H3/b13-8+,17-15+/t12-,14-,16+,18-,19+/m1/s1. The molecule has 5 atom stereocenters. The summed E-state index contributed by atoms with van der Waals surface area (Å²) in [6.07, 6.45) is 4.38. The third-order valence-corrected chi connectivity index (χ3v) is 7.36. The molecule has 0 radical (unpaired) electrons. The van der Waals surface area contributed by atoms with Crippen molar-refractivity contribution in [3.8, 4) is 0 Å². The van der Waals surface area contributed by atoms with Crippen molar-refractivity contribution in [2.24, 2.45) is 5.92 Å². The number of aliphatic hydroxyl groups excluding tert-OH is 2. The first-order chi connectivity index (χ1) is 11.1. The average Bonchev–Trinajstić information content (AvgIpc) is 2.99. The number of halogens is 1. The van der Waals surface area contributed by atoms with Crippen molar-refractivity contribution in [3.05, 3.63) is 20.8 Å². The Kier molecular flexibility index (Phi) is 6.93. The third kappa shape index (κ3) is 4.61. The van der Waals surface area contributed by atoms with Crippen LogP contribution < -0.4 is 0 Å². The molecule has 3 N–H and O–H groups in total. The fourth-order valence-corrected chi connectivity index (χ4v) is 4.66. The van der Waals surface area contributed by atoms with Crippen LogP contribution >= 0.6 is 22.6 Å². The van der Waals surface area contributed by atoms with E-state index in [0.717, 1.165) is 37.9 Å². The summed E-state index contributed by atoms with van der Waals surface area (Å²) in [4.78, 5) is 2.43. The number of hydrogen-bond acceptors (Lipinski definition) is 4. The molecule has 2 rings (SSSR count). The maximum atomic E-state index is 10.8. The smallest absolute Gasteiger partial charge is 0.100 e. The zero-order chi connectivity index (χ0) is 18.1. The van der Waals surface area contributed by atoms with Crippen LogP contribution in [-0.4, -0.2) is 57.2 Å². The van der Waals surface area contributed by atoms with Crippen molar-refractivity contribution in [1.82, 2.24) is 4.90 Å². The van der Waals surface area contributed by atoms with Gasteiger partial charge in [-0.15, -0.1) is 0 Å². The number of allylic oxidation sites excluding steroid dienone is 2. The third-order valence-electron chi connectivity index (χ3n) is 5.53. The van der Waals surface area contributed by atoms with E-state index >= 15 is 0 Å². The second kappa shape index (κ2) is 8.16. The molecule has 4 nitrogen and oxygen atoms in total. The molecule has 0 amide bonds. The minimum atomic E-state index is -0.789. The van der Waals surface area contributed by atoms with Crippen LogP contribution in [0.5, 0.6) is 0 Å². The zero-order valence-corrected chi connectivity index (χ0v) is 17.5. The maximum absolute atomic E-state index is 10.8. The number of nitrogens with zero attached hydrogens (tertiary/aromatic N) is 1. The molecule has 0 aromatic heterocycles. The van der Waals surface area contributed by atoms with Crippen molar-refractivity contribution in [1.29, 1.82) is 0 Å². The maximum Gasteiger partial charge on any atom is 0.100 e. The summed E-state index contributed by atoms with van der Waals surface area (Å²) >= 11 is 2.44. The highest BCUT2D eigenvalue weighted by atomic mass is 127. The van der Waals surface area contributed by atoms with E-state index in [2.05, 4.69) is 34.4 Å². The van der Waals surface area contributed by atoms with Crippen LogP contribution in [0.2, 0.25) is 0 Å². The van der Waals surface area contributed by atoms with Gasteiger partial charge < -0.3 is 15.3 Å². The van der Waals surface area contributed by atoms with Crippen LogP contribution in [0.3, 0.4) is 0 Å². The fourth-order valence-electron chi connectivity index (χ4n) is 4.05. The van der Waals surface area contributed by atoms with Crippen LogP contribution in [0, 0.1) is 5.92 Å². The van der Waals surface area contributed by atoms with Gasteiger partial charge in [0.05, 0.1) is 11.7 Å². The first-order valence-electron chi connectivity index (χ1n) is 9.00. The molecule has 24 heavy (non-hydrogen) atoms. The fraction of sp³-hybridized carbons (Fsp3) is 0.789. The molecular weight excluding hydrogens is 417 g/mol. The molecule has 0 saturated carbocycles. The van der Waals surface area contributed by atoms with Crippen LogP contribution in [0.4, 0.5) is 0 Å². The minimum absolute atomic E-state index is 0.309. The van der Waals surface area contributed by atoms with E-state index in [1.807, 2.05) is 19.9 Å². The summed E-state index contributed by atoms with van der Waals surface area (Å²) in [5.74, 6) is 0.353. The zero-order valence-electron chi connectivity index (χ0n) is 15.3. The van der Waals surface area contributed by atoms with Gasteiger partial charge in [0.2, 0.25) is 0 Å². The number of fused-ring (bicyclic) bond motifs is 1. The van der Waals surface area contributed by atoms with Crippen LogP contribution in [0.15, 0.2) is 20.8 Å². The second-order valence-electron chi connectivity index (χ2n) is 7.88. The molecule has 0 unspecified atom stereocenters. The van der Waals surface area contributed by atoms with Gasteiger partial charge in [0.1, 0.15) is 6.10 Å². The van der Waals surface area contributed by atoms with Crippen molar-refractivity contribution in [2.75, 3.05) is 13.1 Å². The highest BCUT2D eigenvalue weighted by molar-refractivity contribution is 14.1. The van der Waals surface area contributed by atoms with Gasteiger partial charge in [-0.25, -0.2) is 0 Å². The molecule has 2 saturated heterocycles. The molecule has 138 valence electrons. The molecule has 2 heterocycles. The van der Waals surface area contributed by atoms with E-state index in [0.29, 0.717) is 12.0 Å². The van der Waals surface area contributed by atoms with Gasteiger partial charge in [-0.2, -0.15) is 0 Å². The van der Waals surface area contributed by atoms with E-state index in [-0.39, 0.29) is 0 Å². The topological polar surface area (TPSA) is 63.9 Å². The Hall–Kier alpha value is 0.0500. The Morgan fingerprint density at radius 3 is 2.71 bits per heavy atom. The molecule has 2 fully saturated rings. The van der Waals surface area contributed by atoms with Gasteiger partial charge in [0.15, 0.2) is 0 Å². The van der Waals surface area contributed by atoms with E-state index < -0.39 is 17.8 Å². The molecular formula is C19H32INO3. The van der Waals surface area contributed by atoms with Gasteiger partial charge in [0, 0.05) is 19.0 Å². The lowest BCUT2D eigenvalue weighted by atomic mass is 9.82. The van der Waals surface area contributed by atoms with Gasteiger partial charge in [-0.1, -0.05) is 13.0 Å². The van der Waals surface area contributed by atoms with E-state index in [1.54, 1.807) is 6.92 Å². The Balaban J connectivity index is 2.07. The largest absolute Gasteiger partial charge is 0.390 e. The molecule has 0 bridgehead atoms. The molecule has 0 aromatic rings. The number of piperidine rings is 1. The van der Waals surface area contributed by atoms with Crippen molar-refractivity contribution >= 4 is 22.6 Å². The molecule has 2 aliphatic rings. The van der Waals surface area contributed by atoms with E-state index in [9.17, 15) is 15.3 Å². The second-order valence-corrected chi connectivity index (χ2v) is 9.05. The molecule has 0 aliphatic carbocycles. The minimum Gasteiger partial charge on any atom is -0.390 e. The first kappa shape index (κ1) is 20.4. The first-order valence-corrected chi connectivity index (χ1v) is 10.1. The summed E-state index contributed by atoms with van der Waals surface area (Å²) in [5.41, 5.74) is 1.55. The molecule has 0 spiro atoms. The van der Waals surface area contributed by atoms with Crippen LogP contribution in [0.1, 0.15) is 53.4 Å². The number of rotatable bonds is 5. The predicted octanol–water partition coefficient (Wildman–Crippen LogP) is 3.01. The van der Waals surface area contributed by atoms with Crippen LogP contribution in [-0.2, 0) is 0 Å². The summed E-state index contributed by atoms with van der Waals surface area (Å²) in [5, 5.41) is 30.2. The van der Waals surface area contributed by atoms with Crippen LogP contribution in [0.25, 0.3) is 0 Å². The highest BCUT2D eigenvalue weighted by Crippen LogP contribution is 2.40. The quantitative estimate of drug-likeness (QED) is 0.446. The summed E-state index contributed by atoms with van der Waals surface area (Å²) in [7, 11) is 0. The Labute approximate surface area is 159 Å². The van der Waals surface area contributed by atoms with E-state index in [1.165, 1.54) is 15.6 Å². The molecule has 0 aromatic carbocycles. The average molecular weight is 449 g/mol. The summed E-state index contributed by atoms with van der Waals surface area (Å²) in [6, 6.07) is 0.309. The van der Waals surface area contributed by atoms with Crippen molar-refractivity contribution in [3.63, 3.8) is 0 Å². The number of hydrogen-bond donors (Lipinski definition) is 3. The number of aliphatic hydroxyl groups is 3. The van der Waals surface area contributed by atoms with E-state index in [4.69, 9.17) is 0 Å². The summed E-state index contributed by atoms with van der Waals surface area (Å²) < 4.78 is 1.33. The Bertz CT molecular complexity index is 513. The van der Waals surface area contributed by atoms with Crippen molar-refractivity contribution in [2.45, 2.75) is 77.2 Å². The van der Waals surface area contributed by atoms with Gasteiger partial charge in [-0.05, 0) is 89.8 Å². The Morgan fingerprint density at radius 1 is 1.42 bits per heavy atom. The lowest BCUT2D eigenvalue weighted by molar-refractivity contribution is -0.0330. The SMILES string of the molecule is C/C(=C\C[C@@H](C)/C(I)=C1\CN2CCC[C@H]2[C@@](C)(O)C1)[C@@H](O)[C@@H](C)O. The normalized spacial score (nSPS) is 34.7.